The standard InChI is InChI=1S/C14H18BrF2NO/c1-8(2)6-10(7-15)18-14(19)12-11(16)5-4-9(3)13(12)17/h4-5,8,10H,6-7H2,1-3H3,(H,18,19). The van der Waals surface area contributed by atoms with Crippen LogP contribution in [0.5, 0.6) is 0 Å². The zero-order valence-corrected chi connectivity index (χ0v) is 12.9. The predicted molar refractivity (Wildman–Crippen MR) is 75.6 cm³/mol. The highest BCUT2D eigenvalue weighted by atomic mass is 79.9. The first-order chi connectivity index (χ1) is 8.86. The lowest BCUT2D eigenvalue weighted by atomic mass is 10.0. The van der Waals surface area contributed by atoms with Crippen molar-refractivity contribution in [2.24, 2.45) is 5.92 Å². The zero-order chi connectivity index (χ0) is 14.6. The van der Waals surface area contributed by atoms with Crippen molar-refractivity contribution in [3.05, 3.63) is 34.9 Å². The van der Waals surface area contributed by atoms with Gasteiger partial charge in [0.1, 0.15) is 17.2 Å². The minimum Gasteiger partial charge on any atom is -0.348 e. The summed E-state index contributed by atoms with van der Waals surface area (Å²) in [4.78, 5) is 12.0. The van der Waals surface area contributed by atoms with Gasteiger partial charge in [-0.15, -0.1) is 0 Å². The average molecular weight is 334 g/mol. The second-order valence-corrected chi connectivity index (χ2v) is 5.65. The van der Waals surface area contributed by atoms with Crippen LogP contribution in [-0.2, 0) is 0 Å². The Morgan fingerprint density at radius 1 is 1.37 bits per heavy atom. The molecule has 0 heterocycles. The Balaban J connectivity index is 2.92. The number of aryl methyl sites for hydroxylation is 1. The van der Waals surface area contributed by atoms with Crippen molar-refractivity contribution >= 4 is 21.8 Å². The SMILES string of the molecule is Cc1ccc(F)c(C(=O)NC(CBr)CC(C)C)c1F. The van der Waals surface area contributed by atoms with Crippen molar-refractivity contribution in [2.75, 3.05) is 5.33 Å². The lowest BCUT2D eigenvalue weighted by Crippen LogP contribution is -2.38. The summed E-state index contributed by atoms with van der Waals surface area (Å²) in [5.74, 6) is -1.95. The number of rotatable bonds is 5. The highest BCUT2D eigenvalue weighted by Gasteiger charge is 2.21. The van der Waals surface area contributed by atoms with Gasteiger partial charge >= 0.3 is 0 Å². The van der Waals surface area contributed by atoms with Gasteiger partial charge in [-0.1, -0.05) is 35.8 Å². The summed E-state index contributed by atoms with van der Waals surface area (Å²) < 4.78 is 27.4. The van der Waals surface area contributed by atoms with Crippen LogP contribution < -0.4 is 5.32 Å². The maximum Gasteiger partial charge on any atom is 0.257 e. The first-order valence-electron chi connectivity index (χ1n) is 6.18. The summed E-state index contributed by atoms with van der Waals surface area (Å²) in [7, 11) is 0. The molecule has 0 radical (unpaired) electrons. The summed E-state index contributed by atoms with van der Waals surface area (Å²) in [6.07, 6.45) is 0.742. The molecule has 0 saturated carbocycles. The minimum absolute atomic E-state index is 0.146. The van der Waals surface area contributed by atoms with E-state index >= 15 is 0 Å². The van der Waals surface area contributed by atoms with Gasteiger partial charge in [-0.2, -0.15) is 0 Å². The lowest BCUT2D eigenvalue weighted by Gasteiger charge is -2.18. The molecule has 1 aromatic rings. The molecule has 1 N–H and O–H groups in total. The second-order valence-electron chi connectivity index (χ2n) is 5.01. The van der Waals surface area contributed by atoms with E-state index in [-0.39, 0.29) is 11.6 Å². The molecule has 0 aliphatic rings. The molecule has 19 heavy (non-hydrogen) atoms. The number of hydrogen-bond acceptors (Lipinski definition) is 1. The molecule has 0 spiro atoms. The molecule has 1 unspecified atom stereocenters. The maximum atomic E-state index is 13.8. The number of halogens is 3. The van der Waals surface area contributed by atoms with Gasteiger partial charge in [-0.05, 0) is 30.9 Å². The van der Waals surface area contributed by atoms with Crippen molar-refractivity contribution in [1.82, 2.24) is 5.32 Å². The Morgan fingerprint density at radius 2 is 2.00 bits per heavy atom. The fourth-order valence-electron chi connectivity index (χ4n) is 1.85. The topological polar surface area (TPSA) is 29.1 Å². The minimum atomic E-state index is -0.835. The molecule has 5 heteroatoms. The normalized spacial score (nSPS) is 12.6. The number of amides is 1. The molecule has 0 aromatic heterocycles. The molecule has 106 valence electrons. The van der Waals surface area contributed by atoms with Crippen molar-refractivity contribution in [3.8, 4) is 0 Å². The fraction of sp³-hybridized carbons (Fsp3) is 0.500. The molecule has 0 fully saturated rings. The van der Waals surface area contributed by atoms with Gasteiger partial charge < -0.3 is 5.32 Å². The summed E-state index contributed by atoms with van der Waals surface area (Å²) in [5.41, 5.74) is -0.250. The number of benzene rings is 1. The Hall–Kier alpha value is -0.970. The molecule has 0 saturated heterocycles. The van der Waals surface area contributed by atoms with Gasteiger partial charge in [0.05, 0.1) is 0 Å². The molecule has 1 aromatic carbocycles. The number of hydrogen-bond donors (Lipinski definition) is 1. The van der Waals surface area contributed by atoms with Crippen LogP contribution in [0.3, 0.4) is 0 Å². The maximum absolute atomic E-state index is 13.8. The lowest BCUT2D eigenvalue weighted by molar-refractivity contribution is 0.0928. The monoisotopic (exact) mass is 333 g/mol. The molecule has 0 aliphatic heterocycles. The van der Waals surface area contributed by atoms with E-state index in [1.54, 1.807) is 0 Å². The summed E-state index contributed by atoms with van der Waals surface area (Å²) >= 11 is 3.29. The first kappa shape index (κ1) is 16.1. The van der Waals surface area contributed by atoms with Gasteiger partial charge in [0, 0.05) is 11.4 Å². The van der Waals surface area contributed by atoms with E-state index in [1.165, 1.54) is 13.0 Å². The number of alkyl halides is 1. The van der Waals surface area contributed by atoms with Crippen LogP contribution in [0.25, 0.3) is 0 Å². The van der Waals surface area contributed by atoms with E-state index in [4.69, 9.17) is 0 Å². The third-order valence-electron chi connectivity index (χ3n) is 2.79. The summed E-state index contributed by atoms with van der Waals surface area (Å²) in [6, 6.07) is 2.28. The quantitative estimate of drug-likeness (QED) is 0.815. The van der Waals surface area contributed by atoms with Crippen molar-refractivity contribution in [1.29, 1.82) is 0 Å². The van der Waals surface area contributed by atoms with Gasteiger partial charge in [-0.3, -0.25) is 4.79 Å². The zero-order valence-electron chi connectivity index (χ0n) is 11.3. The van der Waals surface area contributed by atoms with Gasteiger partial charge in [-0.25, -0.2) is 8.78 Å². The molecule has 0 aliphatic carbocycles. The number of nitrogens with one attached hydrogen (secondary N) is 1. The van der Waals surface area contributed by atoms with Crippen LogP contribution in [0.1, 0.15) is 36.2 Å². The van der Waals surface area contributed by atoms with Crippen LogP contribution in [0, 0.1) is 24.5 Å². The fourth-order valence-corrected chi connectivity index (χ4v) is 2.28. The van der Waals surface area contributed by atoms with Crippen LogP contribution in [0.2, 0.25) is 0 Å². The predicted octanol–water partition coefficient (Wildman–Crippen LogP) is 3.81. The van der Waals surface area contributed by atoms with E-state index in [1.807, 2.05) is 13.8 Å². The molecule has 0 bridgehead atoms. The summed E-state index contributed by atoms with van der Waals surface area (Å²) in [5, 5.41) is 3.20. The Morgan fingerprint density at radius 3 is 2.53 bits per heavy atom. The van der Waals surface area contributed by atoms with Crippen molar-refractivity contribution in [2.45, 2.75) is 33.2 Å². The number of carbonyl (C=O) groups is 1. The highest BCUT2D eigenvalue weighted by molar-refractivity contribution is 9.09. The Kier molecular flexibility index (Phi) is 5.91. The van der Waals surface area contributed by atoms with Crippen LogP contribution in [-0.4, -0.2) is 17.3 Å². The molecule has 1 atom stereocenters. The van der Waals surface area contributed by atoms with E-state index in [2.05, 4.69) is 21.2 Å². The van der Waals surface area contributed by atoms with E-state index in [0.29, 0.717) is 11.2 Å². The largest absolute Gasteiger partial charge is 0.348 e. The van der Waals surface area contributed by atoms with E-state index in [9.17, 15) is 13.6 Å². The Bertz CT molecular complexity index is 463. The Labute approximate surface area is 120 Å². The average Bonchev–Trinajstić information content (AvgIpc) is 2.33. The van der Waals surface area contributed by atoms with Crippen LogP contribution in [0.4, 0.5) is 8.78 Å². The van der Waals surface area contributed by atoms with Gasteiger partial charge in [0.2, 0.25) is 0 Å². The highest BCUT2D eigenvalue weighted by Crippen LogP contribution is 2.17. The molecule has 1 amide bonds. The van der Waals surface area contributed by atoms with Crippen molar-refractivity contribution < 1.29 is 13.6 Å². The molecular formula is C14H18BrF2NO. The molecular weight excluding hydrogens is 316 g/mol. The third-order valence-corrected chi connectivity index (χ3v) is 3.57. The smallest absolute Gasteiger partial charge is 0.257 e. The van der Waals surface area contributed by atoms with E-state index < -0.39 is 23.1 Å². The molecule has 2 nitrogen and oxygen atoms in total. The van der Waals surface area contributed by atoms with Crippen LogP contribution >= 0.6 is 15.9 Å². The number of carbonyl (C=O) groups excluding carboxylic acids is 1. The summed E-state index contributed by atoms with van der Waals surface area (Å²) in [6.45, 7) is 5.55. The molecule has 1 rings (SSSR count). The van der Waals surface area contributed by atoms with Crippen molar-refractivity contribution in [3.63, 3.8) is 0 Å². The third kappa shape index (κ3) is 4.27. The first-order valence-corrected chi connectivity index (χ1v) is 7.30. The van der Waals surface area contributed by atoms with Crippen LogP contribution in [0.15, 0.2) is 12.1 Å². The van der Waals surface area contributed by atoms with Gasteiger partial charge in [0.25, 0.3) is 5.91 Å². The second kappa shape index (κ2) is 6.98. The van der Waals surface area contributed by atoms with E-state index in [0.717, 1.165) is 12.5 Å². The van der Waals surface area contributed by atoms with Gasteiger partial charge in [0.15, 0.2) is 0 Å².